The summed E-state index contributed by atoms with van der Waals surface area (Å²) in [7, 11) is -3.38. The molecule has 0 aromatic carbocycles. The molecule has 0 radical (unpaired) electrons. The van der Waals surface area contributed by atoms with Gasteiger partial charge >= 0.3 is 0 Å². The number of anilines is 1. The molecule has 0 aliphatic carbocycles. The zero-order chi connectivity index (χ0) is 18.6. The summed E-state index contributed by atoms with van der Waals surface area (Å²) in [6.45, 7) is 2.76. The molecule has 1 aromatic rings. The van der Waals surface area contributed by atoms with Crippen LogP contribution in [0.3, 0.4) is 0 Å². The lowest BCUT2D eigenvalue weighted by Gasteiger charge is -2.33. The van der Waals surface area contributed by atoms with Crippen LogP contribution in [0, 0.1) is 0 Å². The second-order valence-electron chi connectivity index (χ2n) is 7.14. The van der Waals surface area contributed by atoms with Crippen molar-refractivity contribution in [2.24, 2.45) is 0 Å². The van der Waals surface area contributed by atoms with Crippen molar-refractivity contribution in [1.29, 1.82) is 0 Å². The summed E-state index contributed by atoms with van der Waals surface area (Å²) >= 11 is 0. The molecule has 3 heterocycles. The number of nitrogens with zero attached hydrogens (tertiary/aromatic N) is 3. The van der Waals surface area contributed by atoms with Crippen LogP contribution >= 0.6 is 0 Å². The number of carbonyl (C=O) groups excluding carboxylic acids is 1. The van der Waals surface area contributed by atoms with E-state index in [9.17, 15) is 13.2 Å². The Morgan fingerprint density at radius 2 is 1.92 bits per heavy atom. The molecule has 0 bridgehead atoms. The van der Waals surface area contributed by atoms with Crippen LogP contribution in [0.25, 0.3) is 0 Å². The molecule has 0 saturated carbocycles. The summed E-state index contributed by atoms with van der Waals surface area (Å²) in [6.07, 6.45) is 8.77. The minimum atomic E-state index is -3.38. The summed E-state index contributed by atoms with van der Waals surface area (Å²) in [6, 6.07) is 3.25. The Bertz CT molecular complexity index is 732. The Morgan fingerprint density at radius 1 is 1.19 bits per heavy atom. The highest BCUT2D eigenvalue weighted by Gasteiger charge is 2.34. The summed E-state index contributed by atoms with van der Waals surface area (Å²) in [4.78, 5) is 19.5. The Kier molecular flexibility index (Phi) is 6.13. The minimum Gasteiger partial charge on any atom is -0.356 e. The van der Waals surface area contributed by atoms with E-state index in [-0.39, 0.29) is 5.91 Å². The molecule has 144 valence electrons. The van der Waals surface area contributed by atoms with E-state index in [1.807, 2.05) is 12.1 Å². The third kappa shape index (κ3) is 4.54. The molecular formula is C18H28N4O3S. The van der Waals surface area contributed by atoms with Crippen LogP contribution < -0.4 is 10.2 Å². The van der Waals surface area contributed by atoms with Gasteiger partial charge in [0.05, 0.1) is 6.26 Å². The topological polar surface area (TPSA) is 82.6 Å². The normalized spacial score (nSPS) is 22.2. The quantitative estimate of drug-likeness (QED) is 0.837. The number of nitrogens with one attached hydrogen (secondary N) is 1. The Morgan fingerprint density at radius 3 is 2.65 bits per heavy atom. The maximum atomic E-state index is 12.7. The molecule has 1 atom stereocenters. The first-order valence-electron chi connectivity index (χ1n) is 9.40. The first-order chi connectivity index (χ1) is 12.5. The van der Waals surface area contributed by atoms with Crippen LogP contribution in [0.2, 0.25) is 0 Å². The van der Waals surface area contributed by atoms with Gasteiger partial charge in [0.2, 0.25) is 15.9 Å². The average Bonchev–Trinajstić information content (AvgIpc) is 2.66. The first-order valence-corrected chi connectivity index (χ1v) is 11.2. The molecule has 1 aromatic heterocycles. The predicted octanol–water partition coefficient (Wildman–Crippen LogP) is 1.50. The highest BCUT2D eigenvalue weighted by molar-refractivity contribution is 7.88. The van der Waals surface area contributed by atoms with Crippen LogP contribution in [0.1, 0.15) is 44.1 Å². The smallest absolute Gasteiger partial charge is 0.238 e. The van der Waals surface area contributed by atoms with Crippen molar-refractivity contribution in [3.05, 3.63) is 23.9 Å². The Hall–Kier alpha value is -1.67. The van der Waals surface area contributed by atoms with Gasteiger partial charge in [-0.05, 0) is 38.2 Å². The van der Waals surface area contributed by atoms with Crippen LogP contribution in [0.4, 0.5) is 5.82 Å². The van der Waals surface area contributed by atoms with Crippen molar-refractivity contribution < 1.29 is 13.2 Å². The summed E-state index contributed by atoms with van der Waals surface area (Å²) in [5.74, 6) is 0.708. The van der Waals surface area contributed by atoms with E-state index in [2.05, 4.69) is 15.2 Å². The van der Waals surface area contributed by atoms with Crippen molar-refractivity contribution in [1.82, 2.24) is 14.6 Å². The molecule has 2 aliphatic heterocycles. The van der Waals surface area contributed by atoms with Crippen LogP contribution in [-0.4, -0.2) is 55.5 Å². The molecule has 8 heteroatoms. The molecule has 1 N–H and O–H groups in total. The fourth-order valence-corrected chi connectivity index (χ4v) is 4.95. The van der Waals surface area contributed by atoms with Crippen molar-refractivity contribution >= 4 is 21.7 Å². The number of aromatic nitrogens is 1. The van der Waals surface area contributed by atoms with Gasteiger partial charge in [-0.15, -0.1) is 0 Å². The summed E-state index contributed by atoms with van der Waals surface area (Å²) in [5, 5.41) is 2.94. The van der Waals surface area contributed by atoms with Gasteiger partial charge in [-0.2, -0.15) is 4.31 Å². The minimum absolute atomic E-state index is 0.219. The highest BCUT2D eigenvalue weighted by atomic mass is 32.2. The molecule has 1 unspecified atom stereocenters. The van der Waals surface area contributed by atoms with Gasteiger partial charge in [-0.3, -0.25) is 4.79 Å². The second-order valence-corrected chi connectivity index (χ2v) is 9.07. The van der Waals surface area contributed by atoms with E-state index in [1.165, 1.54) is 17.0 Å². The molecule has 7 nitrogen and oxygen atoms in total. The number of hydrogen-bond acceptors (Lipinski definition) is 5. The third-order valence-electron chi connectivity index (χ3n) is 5.16. The van der Waals surface area contributed by atoms with Crippen molar-refractivity contribution in [2.75, 3.05) is 30.8 Å². The fraction of sp³-hybridized carbons (Fsp3) is 0.667. The largest absolute Gasteiger partial charge is 0.356 e. The number of rotatable bonds is 5. The lowest BCUT2D eigenvalue weighted by Crippen LogP contribution is -2.51. The second kappa shape index (κ2) is 8.35. The first kappa shape index (κ1) is 19.1. The van der Waals surface area contributed by atoms with Crippen molar-refractivity contribution in [3.63, 3.8) is 0 Å². The van der Waals surface area contributed by atoms with Crippen molar-refractivity contribution in [3.8, 4) is 0 Å². The number of pyridine rings is 1. The zero-order valence-electron chi connectivity index (χ0n) is 15.4. The number of sulfonamides is 1. The van der Waals surface area contributed by atoms with Gasteiger partial charge in [-0.1, -0.05) is 12.5 Å². The van der Waals surface area contributed by atoms with E-state index in [1.54, 1.807) is 6.20 Å². The van der Waals surface area contributed by atoms with E-state index < -0.39 is 16.1 Å². The SMILES string of the molecule is CS(=O)(=O)N1CCCCC1C(=O)NCc1cccnc1N1CCCCC1. The van der Waals surface area contributed by atoms with Crippen LogP contribution in [-0.2, 0) is 21.4 Å². The van der Waals surface area contributed by atoms with Gasteiger partial charge in [0.25, 0.3) is 0 Å². The Labute approximate surface area is 155 Å². The van der Waals surface area contributed by atoms with Gasteiger partial charge in [-0.25, -0.2) is 13.4 Å². The van der Waals surface area contributed by atoms with Crippen LogP contribution in [0.15, 0.2) is 18.3 Å². The number of carbonyl (C=O) groups is 1. The summed E-state index contributed by atoms with van der Waals surface area (Å²) in [5.41, 5.74) is 0.976. The predicted molar refractivity (Wildman–Crippen MR) is 101 cm³/mol. The van der Waals surface area contributed by atoms with Crippen molar-refractivity contribution in [2.45, 2.75) is 51.1 Å². The standard InChI is InChI=1S/C18H28N4O3S/c1-26(24,25)22-13-6-3-9-16(22)18(23)20-14-15-8-7-10-19-17(15)21-11-4-2-5-12-21/h7-8,10,16H,2-6,9,11-14H2,1H3,(H,20,23). The molecule has 1 amide bonds. The van der Waals surface area contributed by atoms with Gasteiger partial charge < -0.3 is 10.2 Å². The molecule has 2 saturated heterocycles. The van der Waals surface area contributed by atoms with Gasteiger partial charge in [0.15, 0.2) is 0 Å². The lowest BCUT2D eigenvalue weighted by atomic mass is 10.0. The average molecular weight is 381 g/mol. The van der Waals surface area contributed by atoms with E-state index >= 15 is 0 Å². The molecule has 0 spiro atoms. The van der Waals surface area contributed by atoms with E-state index in [0.717, 1.165) is 50.2 Å². The van der Waals surface area contributed by atoms with Gasteiger partial charge in [0, 0.05) is 37.9 Å². The molecule has 26 heavy (non-hydrogen) atoms. The summed E-state index contributed by atoms with van der Waals surface area (Å²) < 4.78 is 25.3. The van der Waals surface area contributed by atoms with E-state index in [0.29, 0.717) is 19.5 Å². The monoisotopic (exact) mass is 380 g/mol. The van der Waals surface area contributed by atoms with Gasteiger partial charge in [0.1, 0.15) is 11.9 Å². The number of amides is 1. The lowest BCUT2D eigenvalue weighted by molar-refractivity contribution is -0.125. The number of hydrogen-bond donors (Lipinski definition) is 1. The highest BCUT2D eigenvalue weighted by Crippen LogP contribution is 2.23. The van der Waals surface area contributed by atoms with E-state index in [4.69, 9.17) is 0 Å². The molecule has 2 fully saturated rings. The molecular weight excluding hydrogens is 352 g/mol. The maximum absolute atomic E-state index is 12.7. The third-order valence-corrected chi connectivity index (χ3v) is 6.45. The Balaban J connectivity index is 1.67. The number of piperidine rings is 2. The maximum Gasteiger partial charge on any atom is 0.238 e. The fourth-order valence-electron chi connectivity index (χ4n) is 3.82. The molecule has 2 aliphatic rings. The molecule has 3 rings (SSSR count). The zero-order valence-corrected chi connectivity index (χ0v) is 16.2. The van der Waals surface area contributed by atoms with Crippen LogP contribution in [0.5, 0.6) is 0 Å².